The van der Waals surface area contributed by atoms with Crippen LogP contribution in [0.3, 0.4) is 0 Å². The first-order chi connectivity index (χ1) is 14.0. The van der Waals surface area contributed by atoms with Crippen molar-refractivity contribution in [2.45, 2.75) is 71.2 Å². The minimum absolute atomic E-state index is 0.0702. The predicted octanol–water partition coefficient (Wildman–Crippen LogP) is 3.25. The summed E-state index contributed by atoms with van der Waals surface area (Å²) in [6.45, 7) is 6.95. The Hall–Kier alpha value is -2.60. The van der Waals surface area contributed by atoms with E-state index in [4.69, 9.17) is 9.72 Å². The van der Waals surface area contributed by atoms with Crippen molar-refractivity contribution in [3.8, 4) is 5.75 Å². The minimum atomic E-state index is 0.0702. The Morgan fingerprint density at radius 3 is 2.62 bits per heavy atom. The van der Waals surface area contributed by atoms with Gasteiger partial charge in [-0.3, -0.25) is 14.8 Å². The second-order valence-corrected chi connectivity index (χ2v) is 8.75. The van der Waals surface area contributed by atoms with E-state index in [1.165, 1.54) is 12.0 Å². The van der Waals surface area contributed by atoms with Crippen LogP contribution in [-0.4, -0.2) is 37.7 Å². The second-order valence-electron chi connectivity index (χ2n) is 8.75. The molecule has 5 rings (SSSR count). The van der Waals surface area contributed by atoms with Gasteiger partial charge < -0.3 is 4.74 Å². The fourth-order valence-corrected chi connectivity index (χ4v) is 4.93. The Bertz CT molecular complexity index is 1100. The lowest BCUT2D eigenvalue weighted by Crippen LogP contribution is -2.36. The first-order valence-electron chi connectivity index (χ1n) is 10.6. The summed E-state index contributed by atoms with van der Waals surface area (Å²) in [5.41, 5.74) is 4.94. The van der Waals surface area contributed by atoms with Crippen molar-refractivity contribution in [2.75, 3.05) is 0 Å². The van der Waals surface area contributed by atoms with Gasteiger partial charge in [-0.05, 0) is 57.7 Å². The van der Waals surface area contributed by atoms with E-state index in [2.05, 4.69) is 34.3 Å². The molecule has 1 saturated heterocycles. The van der Waals surface area contributed by atoms with E-state index in [0.717, 1.165) is 54.2 Å². The summed E-state index contributed by atoms with van der Waals surface area (Å²) >= 11 is 0. The Kier molecular flexibility index (Phi) is 4.46. The van der Waals surface area contributed by atoms with Crippen LogP contribution < -0.4 is 10.3 Å². The quantitative estimate of drug-likeness (QED) is 0.740. The molecule has 3 aromatic rings. The predicted molar refractivity (Wildman–Crippen MR) is 113 cm³/mol. The highest BCUT2D eigenvalue weighted by atomic mass is 16.5. The van der Waals surface area contributed by atoms with Gasteiger partial charge in [-0.25, -0.2) is 9.50 Å². The summed E-state index contributed by atoms with van der Waals surface area (Å²) in [6, 6.07) is 11.2. The maximum atomic E-state index is 13.1. The normalized spacial score (nSPS) is 21.5. The Morgan fingerprint density at radius 1 is 1.17 bits per heavy atom. The molecule has 29 heavy (non-hydrogen) atoms. The van der Waals surface area contributed by atoms with Crippen molar-refractivity contribution >= 4 is 5.65 Å². The van der Waals surface area contributed by atoms with Crippen molar-refractivity contribution in [3.05, 3.63) is 63.2 Å². The van der Waals surface area contributed by atoms with Gasteiger partial charge in [-0.1, -0.05) is 12.1 Å². The van der Waals surface area contributed by atoms with Gasteiger partial charge in [0.1, 0.15) is 5.75 Å². The smallest absolute Gasteiger partial charge is 0.276 e. The highest BCUT2D eigenvalue weighted by Crippen LogP contribution is 2.34. The van der Waals surface area contributed by atoms with E-state index in [1.807, 2.05) is 26.8 Å². The molecule has 2 aromatic heterocycles. The molecule has 1 aromatic carbocycles. The zero-order valence-corrected chi connectivity index (χ0v) is 17.3. The molecule has 0 radical (unpaired) electrons. The molecule has 2 atom stereocenters. The average molecular weight is 393 g/mol. The van der Waals surface area contributed by atoms with Crippen molar-refractivity contribution in [1.29, 1.82) is 0 Å². The molecule has 1 fully saturated rings. The van der Waals surface area contributed by atoms with E-state index >= 15 is 0 Å². The fraction of sp³-hybridized carbons (Fsp3) is 0.478. The summed E-state index contributed by atoms with van der Waals surface area (Å²) in [5.74, 6) is 0.914. The molecular formula is C23H28N4O2. The molecule has 2 aliphatic heterocycles. The lowest BCUT2D eigenvalue weighted by molar-refractivity contribution is 0.187. The van der Waals surface area contributed by atoms with Crippen LogP contribution in [0.15, 0.2) is 35.1 Å². The van der Waals surface area contributed by atoms with E-state index in [1.54, 1.807) is 4.52 Å². The molecular weight excluding hydrogens is 364 g/mol. The van der Waals surface area contributed by atoms with Crippen molar-refractivity contribution in [1.82, 2.24) is 19.5 Å². The molecule has 6 heteroatoms. The molecule has 0 spiro atoms. The first kappa shape index (κ1) is 18.4. The number of nitrogens with one attached hydrogen (secondary N) is 1. The van der Waals surface area contributed by atoms with Crippen LogP contribution in [-0.2, 0) is 19.4 Å². The molecule has 152 valence electrons. The third kappa shape index (κ3) is 3.35. The summed E-state index contributed by atoms with van der Waals surface area (Å²) in [6.07, 6.45) is 4.14. The van der Waals surface area contributed by atoms with Crippen LogP contribution in [0.1, 0.15) is 49.2 Å². The number of benzene rings is 1. The molecule has 2 bridgehead atoms. The Balaban J connectivity index is 1.41. The van der Waals surface area contributed by atoms with Crippen LogP contribution in [0, 0.1) is 6.92 Å². The number of hydrogen-bond donors (Lipinski definition) is 1. The molecule has 0 unspecified atom stereocenters. The number of H-pyrrole nitrogens is 1. The standard InChI is InChI=1S/C23H28N4O2/c1-14(2)29-19-8-4-16(5-9-19)13-26-17-6-7-18(26)12-21-20(11-17)23(28)27-22(24-21)10-15(3)25-27/h4-5,8-10,14,17-18,25H,6-7,11-13H2,1-3H3/t17-,18-/m0/s1. The van der Waals surface area contributed by atoms with E-state index in [9.17, 15) is 4.79 Å². The van der Waals surface area contributed by atoms with Crippen molar-refractivity contribution in [3.63, 3.8) is 0 Å². The van der Waals surface area contributed by atoms with Gasteiger partial charge in [0, 0.05) is 42.4 Å². The Labute approximate surface area is 170 Å². The van der Waals surface area contributed by atoms with E-state index in [0.29, 0.717) is 12.1 Å². The highest BCUT2D eigenvalue weighted by molar-refractivity contribution is 5.42. The maximum absolute atomic E-state index is 13.1. The summed E-state index contributed by atoms with van der Waals surface area (Å²) in [4.78, 5) is 20.5. The van der Waals surface area contributed by atoms with Crippen molar-refractivity contribution in [2.24, 2.45) is 0 Å². The number of ether oxygens (including phenoxy) is 1. The van der Waals surface area contributed by atoms with Gasteiger partial charge in [0.15, 0.2) is 5.65 Å². The molecule has 1 N–H and O–H groups in total. The van der Waals surface area contributed by atoms with Crippen LogP contribution in [0.2, 0.25) is 0 Å². The van der Waals surface area contributed by atoms with Gasteiger partial charge in [0.05, 0.1) is 11.8 Å². The summed E-state index contributed by atoms with van der Waals surface area (Å²) in [7, 11) is 0. The van der Waals surface area contributed by atoms with Gasteiger partial charge in [-0.2, -0.15) is 0 Å². The first-order valence-corrected chi connectivity index (χ1v) is 10.6. The van der Waals surface area contributed by atoms with Crippen molar-refractivity contribution < 1.29 is 4.74 Å². The van der Waals surface area contributed by atoms with Crippen LogP contribution >= 0.6 is 0 Å². The van der Waals surface area contributed by atoms with Gasteiger partial charge in [0.2, 0.25) is 0 Å². The number of rotatable bonds is 4. The van der Waals surface area contributed by atoms with Crippen LogP contribution in [0.25, 0.3) is 5.65 Å². The van der Waals surface area contributed by atoms with E-state index in [-0.39, 0.29) is 11.7 Å². The third-order valence-electron chi connectivity index (χ3n) is 6.22. The highest BCUT2D eigenvalue weighted by Gasteiger charge is 2.38. The van der Waals surface area contributed by atoms with Gasteiger partial charge >= 0.3 is 0 Å². The number of aromatic nitrogens is 3. The van der Waals surface area contributed by atoms with Gasteiger partial charge in [-0.15, -0.1) is 0 Å². The lowest BCUT2D eigenvalue weighted by atomic mass is 9.98. The zero-order chi connectivity index (χ0) is 20.1. The summed E-state index contributed by atoms with van der Waals surface area (Å²) in [5, 5.41) is 3.13. The minimum Gasteiger partial charge on any atom is -0.491 e. The molecule has 0 aliphatic carbocycles. The molecule has 0 amide bonds. The summed E-state index contributed by atoms with van der Waals surface area (Å²) < 4.78 is 7.37. The topological polar surface area (TPSA) is 62.6 Å². The SMILES string of the molecule is Cc1cc2nc3c(c(=O)n2[nH]1)C[C@@H]1CC[C@@H](C3)N1Cc1ccc(OC(C)C)cc1. The van der Waals surface area contributed by atoms with Crippen LogP contribution in [0.4, 0.5) is 0 Å². The number of aromatic amines is 1. The molecule has 6 nitrogen and oxygen atoms in total. The average Bonchev–Trinajstić information content (AvgIpc) is 3.17. The van der Waals surface area contributed by atoms with E-state index < -0.39 is 0 Å². The lowest BCUT2D eigenvalue weighted by Gasteiger charge is -2.28. The van der Waals surface area contributed by atoms with Crippen LogP contribution in [0.5, 0.6) is 5.75 Å². The number of nitrogens with zero attached hydrogens (tertiary/aromatic N) is 3. The molecule has 4 heterocycles. The van der Waals surface area contributed by atoms with Gasteiger partial charge in [0.25, 0.3) is 5.56 Å². The zero-order valence-electron chi connectivity index (χ0n) is 17.3. The maximum Gasteiger partial charge on any atom is 0.276 e. The number of aryl methyl sites for hydroxylation is 1. The third-order valence-corrected chi connectivity index (χ3v) is 6.22. The molecule has 2 aliphatic rings. The Morgan fingerprint density at radius 2 is 1.90 bits per heavy atom. The largest absolute Gasteiger partial charge is 0.491 e. The second kappa shape index (κ2) is 7.02. The number of hydrogen-bond acceptors (Lipinski definition) is 4. The molecule has 0 saturated carbocycles. The fourth-order valence-electron chi connectivity index (χ4n) is 4.93. The number of fused-ring (bicyclic) bond motifs is 4. The monoisotopic (exact) mass is 392 g/mol.